The van der Waals surface area contributed by atoms with Gasteiger partial charge in [0, 0.05) is 6.04 Å². The molecule has 1 unspecified atom stereocenters. The van der Waals surface area contributed by atoms with Gasteiger partial charge in [-0.25, -0.2) is 0 Å². The highest BCUT2D eigenvalue weighted by Gasteiger charge is 2.24. The van der Waals surface area contributed by atoms with Crippen molar-refractivity contribution < 1.29 is 0 Å². The molecule has 1 aliphatic carbocycles. The molecule has 0 bridgehead atoms. The van der Waals surface area contributed by atoms with Crippen LogP contribution in [-0.4, -0.2) is 31.1 Å². The largest absolute Gasteiger partial charge is 0.330 e. The monoisotopic (exact) mass is 170 g/mol. The highest BCUT2D eigenvalue weighted by molar-refractivity contribution is 4.78. The summed E-state index contributed by atoms with van der Waals surface area (Å²) in [5, 5.41) is 0. The fraction of sp³-hybridized carbons (Fsp3) is 1.00. The highest BCUT2D eigenvalue weighted by atomic mass is 15.1. The molecule has 0 aromatic heterocycles. The maximum atomic E-state index is 5.46. The maximum Gasteiger partial charge on any atom is 0.00665 e. The SMILES string of the molecule is CC(CC1CC1)N(C)CCCN. The number of rotatable bonds is 6. The van der Waals surface area contributed by atoms with Crippen LogP contribution >= 0.6 is 0 Å². The molecule has 2 nitrogen and oxygen atoms in total. The summed E-state index contributed by atoms with van der Waals surface area (Å²) >= 11 is 0. The average Bonchev–Trinajstić information content (AvgIpc) is 2.83. The van der Waals surface area contributed by atoms with Crippen molar-refractivity contribution >= 4 is 0 Å². The Morgan fingerprint density at radius 1 is 1.50 bits per heavy atom. The van der Waals surface area contributed by atoms with Gasteiger partial charge in [-0.05, 0) is 45.8 Å². The van der Waals surface area contributed by atoms with Crippen molar-refractivity contribution in [2.24, 2.45) is 11.7 Å². The molecule has 0 aliphatic heterocycles. The van der Waals surface area contributed by atoms with Gasteiger partial charge in [-0.2, -0.15) is 0 Å². The number of nitrogens with two attached hydrogens (primary N) is 1. The molecular weight excluding hydrogens is 148 g/mol. The molecule has 0 aromatic rings. The number of nitrogens with zero attached hydrogens (tertiary/aromatic N) is 1. The van der Waals surface area contributed by atoms with Gasteiger partial charge in [0.05, 0.1) is 0 Å². The van der Waals surface area contributed by atoms with Crippen molar-refractivity contribution in [3.8, 4) is 0 Å². The van der Waals surface area contributed by atoms with Crippen LogP contribution in [0, 0.1) is 5.92 Å². The van der Waals surface area contributed by atoms with Crippen LogP contribution in [0.1, 0.15) is 32.6 Å². The molecule has 1 rings (SSSR count). The molecule has 2 N–H and O–H groups in total. The minimum Gasteiger partial charge on any atom is -0.330 e. The van der Waals surface area contributed by atoms with Crippen molar-refractivity contribution in [2.45, 2.75) is 38.6 Å². The number of hydrogen-bond donors (Lipinski definition) is 1. The van der Waals surface area contributed by atoms with Crippen LogP contribution in [0.5, 0.6) is 0 Å². The van der Waals surface area contributed by atoms with E-state index in [0.29, 0.717) is 0 Å². The third-order valence-electron chi connectivity index (χ3n) is 2.84. The lowest BCUT2D eigenvalue weighted by molar-refractivity contribution is 0.237. The van der Waals surface area contributed by atoms with Crippen molar-refractivity contribution in [3.05, 3.63) is 0 Å². The molecule has 2 heteroatoms. The van der Waals surface area contributed by atoms with Crippen LogP contribution in [0.25, 0.3) is 0 Å². The zero-order valence-corrected chi connectivity index (χ0v) is 8.42. The average molecular weight is 170 g/mol. The first-order valence-electron chi connectivity index (χ1n) is 5.14. The maximum absolute atomic E-state index is 5.46. The Morgan fingerprint density at radius 2 is 2.17 bits per heavy atom. The predicted octanol–water partition coefficient (Wildman–Crippen LogP) is 1.46. The number of hydrogen-bond acceptors (Lipinski definition) is 2. The van der Waals surface area contributed by atoms with E-state index in [4.69, 9.17) is 5.73 Å². The van der Waals surface area contributed by atoms with E-state index in [1.807, 2.05) is 0 Å². The van der Waals surface area contributed by atoms with Gasteiger partial charge in [0.2, 0.25) is 0 Å². The second-order valence-electron chi connectivity index (χ2n) is 4.15. The van der Waals surface area contributed by atoms with Gasteiger partial charge in [-0.1, -0.05) is 12.8 Å². The molecule has 0 radical (unpaired) electrons. The molecular formula is C10H22N2. The minimum absolute atomic E-state index is 0.754. The first kappa shape index (κ1) is 10.0. The fourth-order valence-electron chi connectivity index (χ4n) is 1.58. The first-order valence-corrected chi connectivity index (χ1v) is 5.14. The molecule has 72 valence electrons. The van der Waals surface area contributed by atoms with E-state index < -0.39 is 0 Å². The summed E-state index contributed by atoms with van der Waals surface area (Å²) in [4.78, 5) is 2.44. The van der Waals surface area contributed by atoms with Crippen molar-refractivity contribution in [2.75, 3.05) is 20.1 Å². The summed E-state index contributed by atoms with van der Waals surface area (Å²) in [6.07, 6.45) is 5.46. The fourth-order valence-corrected chi connectivity index (χ4v) is 1.58. The van der Waals surface area contributed by atoms with Crippen LogP contribution in [0.4, 0.5) is 0 Å². The van der Waals surface area contributed by atoms with Crippen molar-refractivity contribution in [3.63, 3.8) is 0 Å². The second-order valence-corrected chi connectivity index (χ2v) is 4.15. The van der Waals surface area contributed by atoms with E-state index in [0.717, 1.165) is 31.5 Å². The molecule has 0 heterocycles. The smallest absolute Gasteiger partial charge is 0.00665 e. The van der Waals surface area contributed by atoms with Crippen LogP contribution in [0.15, 0.2) is 0 Å². The van der Waals surface area contributed by atoms with Crippen molar-refractivity contribution in [1.82, 2.24) is 4.90 Å². The van der Waals surface area contributed by atoms with Crippen LogP contribution in [-0.2, 0) is 0 Å². The Hall–Kier alpha value is -0.0800. The summed E-state index contributed by atoms with van der Waals surface area (Å²) in [5.41, 5.74) is 5.46. The molecule has 0 amide bonds. The van der Waals surface area contributed by atoms with E-state index >= 15 is 0 Å². The summed E-state index contributed by atoms with van der Waals surface area (Å²) in [7, 11) is 2.21. The summed E-state index contributed by atoms with van der Waals surface area (Å²) in [6.45, 7) is 4.31. The van der Waals surface area contributed by atoms with Crippen LogP contribution in [0.3, 0.4) is 0 Å². The predicted molar refractivity (Wildman–Crippen MR) is 53.1 cm³/mol. The Morgan fingerprint density at radius 3 is 2.67 bits per heavy atom. The van der Waals surface area contributed by atoms with Crippen LogP contribution < -0.4 is 5.73 Å². The summed E-state index contributed by atoms with van der Waals surface area (Å²) < 4.78 is 0. The van der Waals surface area contributed by atoms with Gasteiger partial charge >= 0.3 is 0 Å². The Kier molecular flexibility index (Phi) is 4.02. The zero-order chi connectivity index (χ0) is 8.97. The standard InChI is InChI=1S/C10H22N2/c1-9(8-10-4-5-10)12(2)7-3-6-11/h9-10H,3-8,11H2,1-2H3. The van der Waals surface area contributed by atoms with Crippen LogP contribution in [0.2, 0.25) is 0 Å². The Labute approximate surface area is 76.1 Å². The van der Waals surface area contributed by atoms with Gasteiger partial charge in [-0.15, -0.1) is 0 Å². The van der Waals surface area contributed by atoms with Crippen molar-refractivity contribution in [1.29, 1.82) is 0 Å². The molecule has 12 heavy (non-hydrogen) atoms. The topological polar surface area (TPSA) is 29.3 Å². The quantitative estimate of drug-likeness (QED) is 0.654. The lowest BCUT2D eigenvalue weighted by Crippen LogP contribution is -2.31. The second kappa shape index (κ2) is 4.83. The molecule has 0 saturated heterocycles. The minimum atomic E-state index is 0.754. The molecule has 1 saturated carbocycles. The molecule has 0 aromatic carbocycles. The van der Waals surface area contributed by atoms with E-state index in [9.17, 15) is 0 Å². The third-order valence-corrected chi connectivity index (χ3v) is 2.84. The zero-order valence-electron chi connectivity index (χ0n) is 8.42. The van der Waals surface area contributed by atoms with E-state index in [-0.39, 0.29) is 0 Å². The van der Waals surface area contributed by atoms with Gasteiger partial charge in [0.15, 0.2) is 0 Å². The summed E-state index contributed by atoms with van der Waals surface area (Å²) in [6, 6.07) is 0.754. The Balaban J connectivity index is 2.06. The first-order chi connectivity index (χ1) is 5.74. The Bertz CT molecular complexity index is 121. The molecule has 0 spiro atoms. The van der Waals surface area contributed by atoms with Gasteiger partial charge in [0.1, 0.15) is 0 Å². The molecule has 1 atom stereocenters. The van der Waals surface area contributed by atoms with Gasteiger partial charge < -0.3 is 10.6 Å². The summed E-state index contributed by atoms with van der Waals surface area (Å²) in [5.74, 6) is 1.04. The van der Waals surface area contributed by atoms with Gasteiger partial charge in [-0.3, -0.25) is 0 Å². The van der Waals surface area contributed by atoms with E-state index in [2.05, 4.69) is 18.9 Å². The third kappa shape index (κ3) is 3.55. The molecule has 1 aliphatic rings. The van der Waals surface area contributed by atoms with E-state index in [1.165, 1.54) is 19.3 Å². The normalized spacial score (nSPS) is 20.0. The highest BCUT2D eigenvalue weighted by Crippen LogP contribution is 2.34. The van der Waals surface area contributed by atoms with Gasteiger partial charge in [0.25, 0.3) is 0 Å². The lowest BCUT2D eigenvalue weighted by atomic mass is 10.1. The molecule has 1 fully saturated rings. The van der Waals surface area contributed by atoms with E-state index in [1.54, 1.807) is 0 Å². The lowest BCUT2D eigenvalue weighted by Gasteiger charge is -2.24.